The summed E-state index contributed by atoms with van der Waals surface area (Å²) in [6.45, 7) is 6.41. The monoisotopic (exact) mass is 395 g/mol. The maximum Gasteiger partial charge on any atom is 0.319 e. The van der Waals surface area contributed by atoms with Gasteiger partial charge in [-0.15, -0.1) is 0 Å². The summed E-state index contributed by atoms with van der Waals surface area (Å²) in [6.07, 6.45) is 0.790. The predicted molar refractivity (Wildman–Crippen MR) is 113 cm³/mol. The molecule has 2 aromatic carbocycles. The number of ether oxygens (including phenoxy) is 2. The van der Waals surface area contributed by atoms with E-state index in [-0.39, 0.29) is 18.2 Å². The zero-order valence-electron chi connectivity index (χ0n) is 16.9. The van der Waals surface area contributed by atoms with Gasteiger partial charge < -0.3 is 20.1 Å². The first-order valence-electron chi connectivity index (χ1n) is 10.4. The number of carbonyl (C=O) groups is 1. The lowest BCUT2D eigenvalue weighted by atomic mass is 9.98. The Morgan fingerprint density at radius 1 is 1.14 bits per heavy atom. The highest BCUT2D eigenvalue weighted by atomic mass is 16.5. The highest BCUT2D eigenvalue weighted by Gasteiger charge is 2.32. The number of rotatable bonds is 5. The van der Waals surface area contributed by atoms with E-state index in [9.17, 15) is 4.79 Å². The second kappa shape index (κ2) is 9.39. The average molecular weight is 396 g/mol. The van der Waals surface area contributed by atoms with Crippen LogP contribution in [0.15, 0.2) is 48.5 Å². The number of urea groups is 1. The third-order valence-electron chi connectivity index (χ3n) is 5.75. The smallest absolute Gasteiger partial charge is 0.319 e. The zero-order valence-corrected chi connectivity index (χ0v) is 16.9. The molecule has 154 valence electrons. The van der Waals surface area contributed by atoms with Gasteiger partial charge in [-0.1, -0.05) is 49.4 Å². The van der Waals surface area contributed by atoms with Crippen molar-refractivity contribution in [3.8, 4) is 0 Å². The van der Waals surface area contributed by atoms with E-state index in [1.807, 2.05) is 18.2 Å². The van der Waals surface area contributed by atoms with Crippen LogP contribution < -0.4 is 10.6 Å². The molecule has 2 aromatic rings. The van der Waals surface area contributed by atoms with Gasteiger partial charge in [-0.25, -0.2) is 4.79 Å². The standard InChI is InChI=1S/C23H29N3O3/c1-2-26-12-14-29-21(22(26)18-7-4-3-5-8-18)15-24-23(27)25-20-10-6-9-17-11-13-28-16-19(17)20/h3-10,21-22H,2,11-16H2,1H3,(H2,24,25,27)/t21-,22-/m0/s1. The molecule has 0 aliphatic carbocycles. The van der Waals surface area contributed by atoms with E-state index < -0.39 is 0 Å². The van der Waals surface area contributed by atoms with E-state index in [4.69, 9.17) is 9.47 Å². The van der Waals surface area contributed by atoms with Crippen molar-refractivity contribution in [2.45, 2.75) is 32.1 Å². The Kier molecular flexibility index (Phi) is 6.44. The fourth-order valence-corrected chi connectivity index (χ4v) is 4.26. The van der Waals surface area contributed by atoms with Crippen LogP contribution in [0.25, 0.3) is 0 Å². The molecule has 2 N–H and O–H groups in total. The summed E-state index contributed by atoms with van der Waals surface area (Å²) in [5, 5.41) is 6.00. The molecule has 2 aliphatic heterocycles. The summed E-state index contributed by atoms with van der Waals surface area (Å²) in [4.78, 5) is 15.0. The van der Waals surface area contributed by atoms with Crippen molar-refractivity contribution in [3.63, 3.8) is 0 Å². The summed E-state index contributed by atoms with van der Waals surface area (Å²) in [6, 6.07) is 16.3. The summed E-state index contributed by atoms with van der Waals surface area (Å²) >= 11 is 0. The Hall–Kier alpha value is -2.41. The number of amides is 2. The largest absolute Gasteiger partial charge is 0.376 e. The first-order chi connectivity index (χ1) is 14.3. The molecule has 6 nitrogen and oxygen atoms in total. The van der Waals surface area contributed by atoms with Crippen LogP contribution >= 0.6 is 0 Å². The van der Waals surface area contributed by atoms with Gasteiger partial charge in [-0.3, -0.25) is 4.90 Å². The second-order valence-electron chi connectivity index (χ2n) is 7.47. The molecule has 0 saturated carbocycles. The van der Waals surface area contributed by atoms with Crippen molar-refractivity contribution in [2.75, 3.05) is 38.2 Å². The van der Waals surface area contributed by atoms with E-state index in [0.29, 0.717) is 19.8 Å². The van der Waals surface area contributed by atoms with Crippen LogP contribution in [0.2, 0.25) is 0 Å². The summed E-state index contributed by atoms with van der Waals surface area (Å²) in [7, 11) is 0. The molecular weight excluding hydrogens is 366 g/mol. The SMILES string of the molecule is CCN1CCO[C@@H](CNC(=O)Nc2cccc3c2COCC3)[C@@H]1c1ccccc1. The lowest BCUT2D eigenvalue weighted by Crippen LogP contribution is -2.50. The Morgan fingerprint density at radius 2 is 2.00 bits per heavy atom. The van der Waals surface area contributed by atoms with E-state index in [0.717, 1.165) is 37.4 Å². The van der Waals surface area contributed by atoms with Gasteiger partial charge in [0.2, 0.25) is 0 Å². The number of hydrogen-bond donors (Lipinski definition) is 2. The molecular formula is C23H29N3O3. The minimum atomic E-state index is -0.215. The van der Waals surface area contributed by atoms with Crippen LogP contribution in [0.4, 0.5) is 10.5 Å². The molecule has 0 aromatic heterocycles. The second-order valence-corrected chi connectivity index (χ2v) is 7.47. The predicted octanol–water partition coefficient (Wildman–Crippen LogP) is 3.34. The Labute approximate surface area is 172 Å². The van der Waals surface area contributed by atoms with Crippen molar-refractivity contribution >= 4 is 11.7 Å². The van der Waals surface area contributed by atoms with Crippen LogP contribution in [0.5, 0.6) is 0 Å². The minimum absolute atomic E-state index is 0.0927. The Balaban J connectivity index is 1.41. The van der Waals surface area contributed by atoms with Crippen molar-refractivity contribution in [3.05, 3.63) is 65.2 Å². The maximum absolute atomic E-state index is 12.6. The molecule has 29 heavy (non-hydrogen) atoms. The van der Waals surface area contributed by atoms with Gasteiger partial charge >= 0.3 is 6.03 Å². The van der Waals surface area contributed by atoms with E-state index in [1.54, 1.807) is 0 Å². The Morgan fingerprint density at radius 3 is 2.83 bits per heavy atom. The molecule has 2 aliphatic rings. The molecule has 0 radical (unpaired) electrons. The van der Waals surface area contributed by atoms with E-state index >= 15 is 0 Å². The fraction of sp³-hybridized carbons (Fsp3) is 0.435. The van der Waals surface area contributed by atoms with Gasteiger partial charge in [0, 0.05) is 24.3 Å². The molecule has 0 unspecified atom stereocenters. The maximum atomic E-state index is 12.6. The van der Waals surface area contributed by atoms with Crippen molar-refractivity contribution in [1.29, 1.82) is 0 Å². The van der Waals surface area contributed by atoms with Crippen molar-refractivity contribution < 1.29 is 14.3 Å². The van der Waals surface area contributed by atoms with Gasteiger partial charge in [0.15, 0.2) is 0 Å². The fourth-order valence-electron chi connectivity index (χ4n) is 4.26. The molecule has 0 bridgehead atoms. The highest BCUT2D eigenvalue weighted by molar-refractivity contribution is 5.90. The number of morpholine rings is 1. The number of fused-ring (bicyclic) bond motifs is 1. The van der Waals surface area contributed by atoms with Crippen LogP contribution in [-0.2, 0) is 22.5 Å². The first kappa shape index (κ1) is 19.9. The van der Waals surface area contributed by atoms with Gasteiger partial charge in [-0.2, -0.15) is 0 Å². The molecule has 0 spiro atoms. The molecule has 2 amide bonds. The lowest BCUT2D eigenvalue weighted by molar-refractivity contribution is -0.0680. The number of anilines is 1. The molecule has 2 atom stereocenters. The minimum Gasteiger partial charge on any atom is -0.376 e. The highest BCUT2D eigenvalue weighted by Crippen LogP contribution is 2.29. The number of likely N-dealkylation sites (N-methyl/N-ethyl adjacent to an activating group) is 1. The zero-order chi connectivity index (χ0) is 20.1. The number of carbonyl (C=O) groups excluding carboxylic acids is 1. The first-order valence-corrected chi connectivity index (χ1v) is 10.4. The molecule has 1 fully saturated rings. The van der Waals surface area contributed by atoms with Crippen LogP contribution in [0.1, 0.15) is 29.7 Å². The number of nitrogens with zero attached hydrogens (tertiary/aromatic N) is 1. The average Bonchev–Trinajstić information content (AvgIpc) is 2.78. The molecule has 1 saturated heterocycles. The molecule has 4 rings (SSSR count). The number of nitrogens with one attached hydrogen (secondary N) is 2. The van der Waals surface area contributed by atoms with Gasteiger partial charge in [-0.05, 0) is 30.2 Å². The normalized spacial score (nSPS) is 22.0. The third-order valence-corrected chi connectivity index (χ3v) is 5.75. The van der Waals surface area contributed by atoms with Crippen LogP contribution in [-0.4, -0.2) is 49.9 Å². The topological polar surface area (TPSA) is 62.8 Å². The van der Waals surface area contributed by atoms with E-state index in [2.05, 4.69) is 52.8 Å². The quantitative estimate of drug-likeness (QED) is 0.815. The summed E-state index contributed by atoms with van der Waals surface area (Å²) in [5.41, 5.74) is 4.35. The molecule has 6 heteroatoms. The van der Waals surface area contributed by atoms with Crippen molar-refractivity contribution in [2.24, 2.45) is 0 Å². The van der Waals surface area contributed by atoms with Crippen LogP contribution in [0, 0.1) is 0 Å². The van der Waals surface area contributed by atoms with Gasteiger partial charge in [0.1, 0.15) is 0 Å². The number of hydrogen-bond acceptors (Lipinski definition) is 4. The lowest BCUT2D eigenvalue weighted by Gasteiger charge is -2.41. The molecule has 2 heterocycles. The van der Waals surface area contributed by atoms with Crippen molar-refractivity contribution in [1.82, 2.24) is 10.2 Å². The summed E-state index contributed by atoms with van der Waals surface area (Å²) < 4.78 is 11.6. The number of benzene rings is 2. The Bertz CT molecular complexity index is 827. The van der Waals surface area contributed by atoms with E-state index in [1.165, 1.54) is 11.1 Å². The third kappa shape index (κ3) is 4.61. The van der Waals surface area contributed by atoms with Gasteiger partial charge in [0.25, 0.3) is 0 Å². The summed E-state index contributed by atoms with van der Waals surface area (Å²) in [5.74, 6) is 0. The van der Waals surface area contributed by atoms with Crippen LogP contribution in [0.3, 0.4) is 0 Å². The van der Waals surface area contributed by atoms with Gasteiger partial charge in [0.05, 0.1) is 32.0 Å².